The molecule has 2 aromatic heterocycles. The quantitative estimate of drug-likeness (QED) is 0.751. The van der Waals surface area contributed by atoms with E-state index >= 15 is 0 Å². The van der Waals surface area contributed by atoms with Gasteiger partial charge in [-0.05, 0) is 49.4 Å². The lowest BCUT2D eigenvalue weighted by Gasteiger charge is -2.05. The molecule has 2 heterocycles. The zero-order valence-electron chi connectivity index (χ0n) is 13.1. The highest BCUT2D eigenvalue weighted by molar-refractivity contribution is 7.09. The Morgan fingerprint density at radius 1 is 1.27 bits per heavy atom. The number of carbonyl (C=O) groups excluding carboxylic acids is 1. The lowest BCUT2D eigenvalue weighted by Crippen LogP contribution is -2.24. The first-order valence-electron chi connectivity index (χ1n) is 7.42. The largest absolute Gasteiger partial charge is 0.358 e. The van der Waals surface area contributed by atoms with E-state index < -0.39 is 0 Å². The molecule has 3 aromatic rings. The van der Waals surface area contributed by atoms with Gasteiger partial charge in [0.1, 0.15) is 0 Å². The van der Waals surface area contributed by atoms with E-state index in [4.69, 9.17) is 0 Å². The van der Waals surface area contributed by atoms with Crippen LogP contribution in [0.1, 0.15) is 27.3 Å². The summed E-state index contributed by atoms with van der Waals surface area (Å²) in [6.07, 6.45) is 0.417. The van der Waals surface area contributed by atoms with Crippen molar-refractivity contribution in [1.82, 2.24) is 10.3 Å². The van der Waals surface area contributed by atoms with Crippen molar-refractivity contribution in [2.75, 3.05) is 0 Å². The maximum absolute atomic E-state index is 12.3. The number of H-pyrrole nitrogens is 1. The number of fused-ring (bicyclic) bond motifs is 1. The smallest absolute Gasteiger partial charge is 0.224 e. The van der Waals surface area contributed by atoms with E-state index in [2.05, 4.69) is 36.3 Å². The van der Waals surface area contributed by atoms with Gasteiger partial charge in [-0.1, -0.05) is 17.7 Å². The van der Waals surface area contributed by atoms with Gasteiger partial charge in [0.15, 0.2) is 0 Å². The minimum atomic E-state index is 0.0663. The third-order valence-corrected chi connectivity index (χ3v) is 4.82. The molecule has 0 spiro atoms. The normalized spacial score (nSPS) is 11.0. The van der Waals surface area contributed by atoms with E-state index in [1.807, 2.05) is 24.4 Å². The first kappa shape index (κ1) is 14.9. The highest BCUT2D eigenvalue weighted by Gasteiger charge is 2.14. The van der Waals surface area contributed by atoms with Gasteiger partial charge in [-0.15, -0.1) is 11.3 Å². The molecule has 0 aliphatic heterocycles. The van der Waals surface area contributed by atoms with Crippen LogP contribution in [0.5, 0.6) is 0 Å². The summed E-state index contributed by atoms with van der Waals surface area (Å²) in [4.78, 5) is 16.8. The fourth-order valence-electron chi connectivity index (χ4n) is 2.89. The lowest BCUT2D eigenvalue weighted by atomic mass is 10.0. The number of benzene rings is 1. The van der Waals surface area contributed by atoms with Crippen LogP contribution < -0.4 is 5.32 Å². The van der Waals surface area contributed by atoms with E-state index in [0.29, 0.717) is 13.0 Å². The third-order valence-electron chi connectivity index (χ3n) is 3.95. The average molecular weight is 312 g/mol. The van der Waals surface area contributed by atoms with Gasteiger partial charge >= 0.3 is 0 Å². The minimum absolute atomic E-state index is 0.0663. The Labute approximate surface area is 134 Å². The van der Waals surface area contributed by atoms with Crippen LogP contribution in [0, 0.1) is 20.8 Å². The topological polar surface area (TPSA) is 44.9 Å². The molecule has 3 rings (SSSR count). The second kappa shape index (κ2) is 5.97. The molecule has 2 N–H and O–H groups in total. The maximum atomic E-state index is 12.3. The van der Waals surface area contributed by atoms with Gasteiger partial charge < -0.3 is 10.3 Å². The number of hydrogen-bond donors (Lipinski definition) is 2. The molecule has 0 radical (unpaired) electrons. The number of aromatic nitrogens is 1. The molecule has 0 fully saturated rings. The number of amides is 1. The summed E-state index contributed by atoms with van der Waals surface area (Å²) < 4.78 is 0. The Bertz CT molecular complexity index is 815. The SMILES string of the molecule is Cc1cc(C)c2[nH]c(C)c(CC(=O)NCc3cccs3)c2c1. The van der Waals surface area contributed by atoms with Gasteiger partial charge in [0.05, 0.1) is 13.0 Å². The number of hydrogen-bond acceptors (Lipinski definition) is 2. The Morgan fingerprint density at radius 2 is 2.09 bits per heavy atom. The zero-order chi connectivity index (χ0) is 15.7. The third kappa shape index (κ3) is 2.92. The zero-order valence-corrected chi connectivity index (χ0v) is 13.9. The molecule has 0 unspecified atom stereocenters. The predicted molar refractivity (Wildman–Crippen MR) is 92.4 cm³/mol. The summed E-state index contributed by atoms with van der Waals surface area (Å²) in [5, 5.41) is 6.19. The minimum Gasteiger partial charge on any atom is -0.358 e. The summed E-state index contributed by atoms with van der Waals surface area (Å²) >= 11 is 1.66. The van der Waals surface area contributed by atoms with E-state index in [1.165, 1.54) is 21.4 Å². The van der Waals surface area contributed by atoms with Crippen LogP contribution in [0.2, 0.25) is 0 Å². The van der Waals surface area contributed by atoms with Crippen molar-refractivity contribution in [1.29, 1.82) is 0 Å². The van der Waals surface area contributed by atoms with Crippen LogP contribution >= 0.6 is 11.3 Å². The average Bonchev–Trinajstić information content (AvgIpc) is 3.07. The molecule has 4 heteroatoms. The predicted octanol–water partition coefficient (Wildman–Crippen LogP) is 4.01. The second-order valence-electron chi connectivity index (χ2n) is 5.77. The Kier molecular flexibility index (Phi) is 4.03. The molecular formula is C18H20N2OS. The van der Waals surface area contributed by atoms with Crippen LogP contribution in [-0.2, 0) is 17.8 Å². The van der Waals surface area contributed by atoms with Crippen molar-refractivity contribution >= 4 is 28.1 Å². The van der Waals surface area contributed by atoms with Crippen LogP contribution in [0.15, 0.2) is 29.6 Å². The highest BCUT2D eigenvalue weighted by atomic mass is 32.1. The monoisotopic (exact) mass is 312 g/mol. The number of nitrogens with one attached hydrogen (secondary N) is 2. The number of thiophene rings is 1. The molecule has 1 aromatic carbocycles. The van der Waals surface area contributed by atoms with Crippen molar-refractivity contribution in [3.05, 3.63) is 56.9 Å². The molecule has 22 heavy (non-hydrogen) atoms. The summed E-state index contributed by atoms with van der Waals surface area (Å²) in [6, 6.07) is 8.36. The van der Waals surface area contributed by atoms with Gasteiger partial charge in [-0.2, -0.15) is 0 Å². The first-order chi connectivity index (χ1) is 10.5. The van der Waals surface area contributed by atoms with Crippen LogP contribution in [-0.4, -0.2) is 10.9 Å². The van der Waals surface area contributed by atoms with Crippen LogP contribution in [0.4, 0.5) is 0 Å². The lowest BCUT2D eigenvalue weighted by molar-refractivity contribution is -0.120. The van der Waals surface area contributed by atoms with Gasteiger partial charge in [-0.3, -0.25) is 4.79 Å². The van der Waals surface area contributed by atoms with Gasteiger partial charge in [0, 0.05) is 21.5 Å². The molecule has 0 saturated carbocycles. The van der Waals surface area contributed by atoms with Crippen molar-refractivity contribution < 1.29 is 4.79 Å². The summed E-state index contributed by atoms with van der Waals surface area (Å²) in [5.41, 5.74) is 5.78. The number of rotatable bonds is 4. The van der Waals surface area contributed by atoms with Crippen molar-refractivity contribution in [2.24, 2.45) is 0 Å². The Morgan fingerprint density at radius 3 is 2.82 bits per heavy atom. The van der Waals surface area contributed by atoms with E-state index in [-0.39, 0.29) is 5.91 Å². The first-order valence-corrected chi connectivity index (χ1v) is 8.30. The Hall–Kier alpha value is -2.07. The Balaban J connectivity index is 1.81. The molecule has 3 nitrogen and oxygen atoms in total. The standard InChI is InChI=1S/C18H20N2OS/c1-11-7-12(2)18-16(8-11)15(13(3)20-18)9-17(21)19-10-14-5-4-6-22-14/h4-8,20H,9-10H2,1-3H3,(H,19,21). The van der Waals surface area contributed by atoms with Crippen molar-refractivity contribution in [3.8, 4) is 0 Å². The van der Waals surface area contributed by atoms with Gasteiger partial charge in [-0.25, -0.2) is 0 Å². The summed E-state index contributed by atoms with van der Waals surface area (Å²) in [6.45, 7) is 6.84. The van der Waals surface area contributed by atoms with Crippen molar-refractivity contribution in [2.45, 2.75) is 33.7 Å². The number of aryl methyl sites for hydroxylation is 3. The fourth-order valence-corrected chi connectivity index (χ4v) is 3.53. The van der Waals surface area contributed by atoms with Crippen LogP contribution in [0.25, 0.3) is 10.9 Å². The van der Waals surface area contributed by atoms with E-state index in [1.54, 1.807) is 11.3 Å². The maximum Gasteiger partial charge on any atom is 0.224 e. The highest BCUT2D eigenvalue weighted by Crippen LogP contribution is 2.26. The molecule has 1 amide bonds. The van der Waals surface area contributed by atoms with Crippen LogP contribution in [0.3, 0.4) is 0 Å². The molecule has 0 bridgehead atoms. The molecule has 0 aliphatic carbocycles. The summed E-state index contributed by atoms with van der Waals surface area (Å²) in [7, 11) is 0. The second-order valence-corrected chi connectivity index (χ2v) is 6.80. The number of carbonyl (C=O) groups is 1. The van der Waals surface area contributed by atoms with Crippen molar-refractivity contribution in [3.63, 3.8) is 0 Å². The number of aromatic amines is 1. The fraction of sp³-hybridized carbons (Fsp3) is 0.278. The molecular weight excluding hydrogens is 292 g/mol. The van der Waals surface area contributed by atoms with E-state index in [0.717, 1.165) is 16.8 Å². The van der Waals surface area contributed by atoms with Gasteiger partial charge in [0.25, 0.3) is 0 Å². The molecule has 0 atom stereocenters. The molecule has 114 valence electrons. The van der Waals surface area contributed by atoms with E-state index in [9.17, 15) is 4.79 Å². The summed E-state index contributed by atoms with van der Waals surface area (Å²) in [5.74, 6) is 0.0663. The molecule has 0 aliphatic rings. The van der Waals surface area contributed by atoms with Gasteiger partial charge in [0.2, 0.25) is 5.91 Å². The molecule has 0 saturated heterocycles.